The van der Waals surface area contributed by atoms with Crippen LogP contribution in [-0.2, 0) is 0 Å². The maximum Gasteiger partial charge on any atom is 0.254 e. The molecule has 1 N–H and O–H groups in total. The minimum Gasteiger partial charge on any atom is -0.456 e. The fourth-order valence-corrected chi connectivity index (χ4v) is 2.78. The van der Waals surface area contributed by atoms with E-state index in [4.69, 9.17) is 16.3 Å². The van der Waals surface area contributed by atoms with Crippen LogP contribution in [0.15, 0.2) is 42.7 Å². The lowest BCUT2D eigenvalue weighted by Crippen LogP contribution is -2.52. The molecule has 0 spiro atoms. The van der Waals surface area contributed by atoms with Crippen LogP contribution >= 0.6 is 36.4 Å². The molecule has 0 bridgehead atoms. The molecule has 1 aliphatic rings. The van der Waals surface area contributed by atoms with Gasteiger partial charge >= 0.3 is 0 Å². The molecule has 2 aromatic rings. The first-order valence-corrected chi connectivity index (χ1v) is 7.92. The molecule has 1 fully saturated rings. The van der Waals surface area contributed by atoms with Crippen LogP contribution in [0.4, 0.5) is 0 Å². The van der Waals surface area contributed by atoms with Crippen molar-refractivity contribution in [2.75, 3.05) is 19.6 Å². The normalized spacial score (nSPS) is 16.4. The van der Waals surface area contributed by atoms with Crippen LogP contribution < -0.4 is 10.1 Å². The summed E-state index contributed by atoms with van der Waals surface area (Å²) in [5.41, 5.74) is 0.575. The van der Waals surface area contributed by atoms with Crippen LogP contribution in [0.5, 0.6) is 11.5 Å². The quantitative estimate of drug-likeness (QED) is 0.845. The third kappa shape index (κ3) is 5.22. The smallest absolute Gasteiger partial charge is 0.254 e. The summed E-state index contributed by atoms with van der Waals surface area (Å²) in [6.07, 6.45) is 3.29. The Kier molecular flexibility index (Phi) is 8.45. The largest absolute Gasteiger partial charge is 0.456 e. The highest BCUT2D eigenvalue weighted by Crippen LogP contribution is 2.30. The summed E-state index contributed by atoms with van der Waals surface area (Å²) in [5.74, 6) is 1.16. The van der Waals surface area contributed by atoms with Gasteiger partial charge in [-0.1, -0.05) is 11.6 Å². The van der Waals surface area contributed by atoms with Gasteiger partial charge in [0.2, 0.25) is 0 Å². The zero-order valence-corrected chi connectivity index (χ0v) is 16.0. The lowest BCUT2D eigenvalue weighted by atomic mass is 10.1. The molecular weight excluding hydrogens is 385 g/mol. The molecule has 1 aromatic carbocycles. The van der Waals surface area contributed by atoms with Gasteiger partial charge in [0.15, 0.2) is 0 Å². The standard InChI is InChI=1S/C17H18ClN3O2.2ClH/c1-12-11-20-8-9-21(12)17(22)13-2-3-16(15(18)10-13)23-14-4-6-19-7-5-14;;/h2-7,10,12,20H,8-9,11H2,1H3;2*1H/t12-;;/m0../s1. The Balaban J connectivity index is 0.00000156. The molecule has 2 heterocycles. The van der Waals surface area contributed by atoms with Crippen LogP contribution in [0.3, 0.4) is 0 Å². The first-order chi connectivity index (χ1) is 11.1. The van der Waals surface area contributed by atoms with Crippen molar-refractivity contribution in [2.45, 2.75) is 13.0 Å². The molecule has 3 rings (SSSR count). The number of ether oxygens (including phenoxy) is 1. The molecule has 25 heavy (non-hydrogen) atoms. The van der Waals surface area contributed by atoms with Gasteiger partial charge in [0.1, 0.15) is 11.5 Å². The van der Waals surface area contributed by atoms with Gasteiger partial charge in [0, 0.05) is 43.6 Å². The molecule has 1 saturated heterocycles. The number of aromatic nitrogens is 1. The summed E-state index contributed by atoms with van der Waals surface area (Å²) < 4.78 is 5.70. The number of rotatable bonds is 3. The molecular formula is C17H20Cl3N3O2. The molecule has 136 valence electrons. The van der Waals surface area contributed by atoms with Gasteiger partial charge in [-0.05, 0) is 37.3 Å². The number of benzene rings is 1. The maximum atomic E-state index is 12.6. The number of hydrogen-bond donors (Lipinski definition) is 1. The number of piperazine rings is 1. The van der Waals surface area contributed by atoms with Gasteiger partial charge in [0.25, 0.3) is 5.91 Å². The molecule has 1 aliphatic heterocycles. The summed E-state index contributed by atoms with van der Waals surface area (Å²) in [5, 5.41) is 3.69. The maximum absolute atomic E-state index is 12.6. The fraction of sp³-hybridized carbons (Fsp3) is 0.294. The second-order valence-corrected chi connectivity index (χ2v) is 5.89. The highest BCUT2D eigenvalue weighted by molar-refractivity contribution is 6.32. The van der Waals surface area contributed by atoms with Gasteiger partial charge in [-0.25, -0.2) is 0 Å². The number of halogens is 3. The van der Waals surface area contributed by atoms with E-state index >= 15 is 0 Å². The SMILES string of the molecule is C[C@H]1CNCCN1C(=O)c1ccc(Oc2ccncc2)c(Cl)c1.Cl.Cl. The Bertz CT molecular complexity index is 701. The van der Waals surface area contributed by atoms with Crippen molar-refractivity contribution in [1.29, 1.82) is 0 Å². The van der Waals surface area contributed by atoms with Crippen LogP contribution in [0, 0.1) is 0 Å². The Morgan fingerprint density at radius 2 is 2.00 bits per heavy atom. The van der Waals surface area contributed by atoms with E-state index in [9.17, 15) is 4.79 Å². The molecule has 8 heteroatoms. The lowest BCUT2D eigenvalue weighted by molar-refractivity contribution is 0.0656. The van der Waals surface area contributed by atoms with Gasteiger partial charge in [-0.2, -0.15) is 0 Å². The average molecular weight is 405 g/mol. The third-order valence-corrected chi connectivity index (χ3v) is 4.11. The molecule has 0 unspecified atom stereocenters. The molecule has 1 aromatic heterocycles. The monoisotopic (exact) mass is 403 g/mol. The number of amides is 1. The van der Waals surface area contributed by atoms with Crippen molar-refractivity contribution >= 4 is 42.3 Å². The summed E-state index contributed by atoms with van der Waals surface area (Å²) >= 11 is 6.27. The summed E-state index contributed by atoms with van der Waals surface area (Å²) in [7, 11) is 0. The van der Waals surface area contributed by atoms with Crippen molar-refractivity contribution in [2.24, 2.45) is 0 Å². The second kappa shape index (κ2) is 9.82. The van der Waals surface area contributed by atoms with E-state index in [-0.39, 0.29) is 36.8 Å². The molecule has 0 aliphatic carbocycles. The predicted molar refractivity (Wildman–Crippen MR) is 104 cm³/mol. The van der Waals surface area contributed by atoms with E-state index in [1.54, 1.807) is 42.7 Å². The molecule has 1 atom stereocenters. The highest BCUT2D eigenvalue weighted by Gasteiger charge is 2.24. The van der Waals surface area contributed by atoms with Gasteiger partial charge in [-0.3, -0.25) is 9.78 Å². The fourth-order valence-electron chi connectivity index (χ4n) is 2.56. The van der Waals surface area contributed by atoms with E-state index in [1.165, 1.54) is 0 Å². The van der Waals surface area contributed by atoms with Gasteiger partial charge < -0.3 is 15.0 Å². The number of carbonyl (C=O) groups excluding carboxylic acids is 1. The minimum absolute atomic E-state index is 0. The summed E-state index contributed by atoms with van der Waals surface area (Å²) in [6.45, 7) is 4.36. The Hall–Kier alpha value is -1.53. The van der Waals surface area contributed by atoms with Crippen molar-refractivity contribution in [3.8, 4) is 11.5 Å². The zero-order valence-electron chi connectivity index (χ0n) is 13.6. The van der Waals surface area contributed by atoms with E-state index in [0.29, 0.717) is 28.6 Å². The lowest BCUT2D eigenvalue weighted by Gasteiger charge is -2.34. The van der Waals surface area contributed by atoms with Gasteiger partial charge in [0.05, 0.1) is 5.02 Å². The van der Waals surface area contributed by atoms with Crippen LogP contribution in [0.25, 0.3) is 0 Å². The van der Waals surface area contributed by atoms with E-state index < -0.39 is 0 Å². The third-order valence-electron chi connectivity index (χ3n) is 3.82. The van der Waals surface area contributed by atoms with Crippen LogP contribution in [-0.4, -0.2) is 41.5 Å². The van der Waals surface area contributed by atoms with Crippen molar-refractivity contribution in [3.63, 3.8) is 0 Å². The molecule has 5 nitrogen and oxygen atoms in total. The molecule has 0 saturated carbocycles. The Labute approximate surface area is 164 Å². The Morgan fingerprint density at radius 3 is 2.64 bits per heavy atom. The number of carbonyl (C=O) groups is 1. The first-order valence-electron chi connectivity index (χ1n) is 7.54. The number of hydrogen-bond acceptors (Lipinski definition) is 4. The first kappa shape index (κ1) is 21.5. The summed E-state index contributed by atoms with van der Waals surface area (Å²) in [6, 6.07) is 8.80. The number of pyridine rings is 1. The zero-order chi connectivity index (χ0) is 16.2. The van der Waals surface area contributed by atoms with E-state index in [2.05, 4.69) is 10.3 Å². The van der Waals surface area contributed by atoms with Crippen LogP contribution in [0.2, 0.25) is 5.02 Å². The van der Waals surface area contributed by atoms with E-state index in [1.807, 2.05) is 11.8 Å². The minimum atomic E-state index is -0.00337. The van der Waals surface area contributed by atoms with Gasteiger partial charge in [-0.15, -0.1) is 24.8 Å². The van der Waals surface area contributed by atoms with Crippen molar-refractivity contribution in [3.05, 3.63) is 53.3 Å². The Morgan fingerprint density at radius 1 is 1.28 bits per heavy atom. The topological polar surface area (TPSA) is 54.5 Å². The molecule has 1 amide bonds. The predicted octanol–water partition coefficient (Wildman–Crippen LogP) is 3.80. The van der Waals surface area contributed by atoms with Crippen molar-refractivity contribution in [1.82, 2.24) is 15.2 Å². The van der Waals surface area contributed by atoms with Crippen molar-refractivity contribution < 1.29 is 9.53 Å². The van der Waals surface area contributed by atoms with E-state index in [0.717, 1.165) is 13.1 Å². The van der Waals surface area contributed by atoms with Crippen LogP contribution in [0.1, 0.15) is 17.3 Å². The number of nitrogens with zero attached hydrogens (tertiary/aromatic N) is 2. The summed E-state index contributed by atoms with van der Waals surface area (Å²) in [4.78, 5) is 18.4. The highest BCUT2D eigenvalue weighted by atomic mass is 35.5. The number of nitrogens with one attached hydrogen (secondary N) is 1. The second-order valence-electron chi connectivity index (χ2n) is 5.48. The average Bonchev–Trinajstić information content (AvgIpc) is 2.57. The molecule has 0 radical (unpaired) electrons.